The molecule has 2 rings (SSSR count). The predicted octanol–water partition coefficient (Wildman–Crippen LogP) is 1.69. The Hall–Kier alpha value is -0.160. The Morgan fingerprint density at radius 3 is 2.45 bits per heavy atom. The van der Waals surface area contributed by atoms with Gasteiger partial charge in [-0.1, -0.05) is 0 Å². The molecule has 20 heavy (non-hydrogen) atoms. The Balaban J connectivity index is 1.93. The molecule has 2 fully saturated rings. The number of nitrogens with two attached hydrogens (primary N) is 1. The van der Waals surface area contributed by atoms with Gasteiger partial charge in [0.25, 0.3) is 0 Å². The van der Waals surface area contributed by atoms with Gasteiger partial charge in [-0.25, -0.2) is 0 Å². The molecular weight excluding hydrogens is 250 g/mol. The molecule has 118 valence electrons. The van der Waals surface area contributed by atoms with Crippen molar-refractivity contribution in [3.8, 4) is 0 Å². The van der Waals surface area contributed by atoms with E-state index >= 15 is 0 Å². The zero-order chi connectivity index (χ0) is 14.8. The first-order chi connectivity index (χ1) is 9.34. The first kappa shape index (κ1) is 16.2. The van der Waals surface area contributed by atoms with Gasteiger partial charge in [-0.3, -0.25) is 4.90 Å². The van der Waals surface area contributed by atoms with Crippen LogP contribution in [0, 0.1) is 0 Å². The zero-order valence-electron chi connectivity index (χ0n) is 13.8. The second kappa shape index (κ2) is 6.30. The average molecular weight is 283 g/mol. The van der Waals surface area contributed by atoms with Crippen LogP contribution < -0.4 is 5.73 Å². The van der Waals surface area contributed by atoms with Gasteiger partial charge in [0.05, 0.1) is 11.2 Å². The van der Waals surface area contributed by atoms with Crippen LogP contribution in [-0.2, 0) is 4.74 Å². The van der Waals surface area contributed by atoms with Gasteiger partial charge in [0, 0.05) is 19.1 Å². The van der Waals surface area contributed by atoms with Crippen molar-refractivity contribution in [2.24, 2.45) is 5.73 Å². The maximum Gasteiger partial charge on any atom is 0.0789 e. The highest BCUT2D eigenvalue weighted by atomic mass is 16.5. The van der Waals surface area contributed by atoms with Crippen molar-refractivity contribution in [2.45, 2.75) is 64.2 Å². The molecule has 0 saturated carbocycles. The van der Waals surface area contributed by atoms with E-state index in [1.54, 1.807) is 0 Å². The third kappa shape index (κ3) is 3.94. The summed E-state index contributed by atoms with van der Waals surface area (Å²) in [6, 6.07) is 0.548. The minimum absolute atomic E-state index is 0.0136. The molecule has 2 N–H and O–H groups in total. The lowest BCUT2D eigenvalue weighted by Gasteiger charge is -2.35. The molecule has 4 heteroatoms. The first-order valence-corrected chi connectivity index (χ1v) is 8.21. The highest BCUT2D eigenvalue weighted by Gasteiger charge is 2.48. The van der Waals surface area contributed by atoms with E-state index in [1.807, 2.05) is 0 Å². The molecule has 2 aliphatic rings. The van der Waals surface area contributed by atoms with Crippen LogP contribution in [0.25, 0.3) is 0 Å². The van der Waals surface area contributed by atoms with Gasteiger partial charge in [0.2, 0.25) is 0 Å². The molecule has 0 aromatic carbocycles. The van der Waals surface area contributed by atoms with Crippen molar-refractivity contribution in [1.29, 1.82) is 0 Å². The van der Waals surface area contributed by atoms with Crippen LogP contribution in [0.1, 0.15) is 47.0 Å². The molecule has 4 nitrogen and oxygen atoms in total. The lowest BCUT2D eigenvalue weighted by atomic mass is 9.93. The van der Waals surface area contributed by atoms with Crippen LogP contribution in [0.2, 0.25) is 0 Å². The van der Waals surface area contributed by atoms with Crippen molar-refractivity contribution < 1.29 is 4.74 Å². The molecular formula is C16H33N3O. The van der Waals surface area contributed by atoms with Crippen molar-refractivity contribution in [3.05, 3.63) is 0 Å². The van der Waals surface area contributed by atoms with E-state index in [2.05, 4.69) is 37.5 Å². The smallest absolute Gasteiger partial charge is 0.0789 e. The molecule has 0 aromatic heterocycles. The number of nitrogens with zero attached hydrogens (tertiary/aromatic N) is 2. The number of ether oxygens (including phenoxy) is 1. The monoisotopic (exact) mass is 283 g/mol. The van der Waals surface area contributed by atoms with Gasteiger partial charge in [0.15, 0.2) is 0 Å². The van der Waals surface area contributed by atoms with E-state index in [0.717, 1.165) is 32.5 Å². The number of hydrogen-bond donors (Lipinski definition) is 1. The normalized spacial score (nSPS) is 31.4. The lowest BCUT2D eigenvalue weighted by Crippen LogP contribution is -2.47. The molecule has 1 atom stereocenters. The van der Waals surface area contributed by atoms with Gasteiger partial charge in [-0.05, 0) is 73.1 Å². The topological polar surface area (TPSA) is 41.7 Å². The Bertz CT molecular complexity index is 317. The molecule has 0 aromatic rings. The highest BCUT2D eigenvalue weighted by molar-refractivity contribution is 5.00. The SMILES string of the molecule is CC1(C)CC(N2CCCN(CCCN)CC2)C(C)(C)O1. The summed E-state index contributed by atoms with van der Waals surface area (Å²) in [5.74, 6) is 0. The summed E-state index contributed by atoms with van der Waals surface area (Å²) < 4.78 is 6.26. The molecule has 2 aliphatic heterocycles. The molecule has 0 aliphatic carbocycles. The highest BCUT2D eigenvalue weighted by Crippen LogP contribution is 2.40. The lowest BCUT2D eigenvalue weighted by molar-refractivity contribution is -0.0802. The van der Waals surface area contributed by atoms with Gasteiger partial charge in [-0.2, -0.15) is 0 Å². The summed E-state index contributed by atoms with van der Waals surface area (Å²) in [7, 11) is 0. The van der Waals surface area contributed by atoms with Gasteiger partial charge < -0.3 is 15.4 Å². The molecule has 2 saturated heterocycles. The number of hydrogen-bond acceptors (Lipinski definition) is 4. The van der Waals surface area contributed by atoms with E-state index in [4.69, 9.17) is 10.5 Å². The third-order valence-corrected chi connectivity index (χ3v) is 4.77. The van der Waals surface area contributed by atoms with E-state index in [1.165, 1.54) is 26.1 Å². The van der Waals surface area contributed by atoms with E-state index in [0.29, 0.717) is 6.04 Å². The molecule has 0 amide bonds. The zero-order valence-corrected chi connectivity index (χ0v) is 13.8. The quantitative estimate of drug-likeness (QED) is 0.852. The second-order valence-electron chi connectivity index (χ2n) is 7.56. The van der Waals surface area contributed by atoms with E-state index in [9.17, 15) is 0 Å². The summed E-state index contributed by atoms with van der Waals surface area (Å²) in [6.45, 7) is 15.7. The van der Waals surface area contributed by atoms with Gasteiger partial charge in [-0.15, -0.1) is 0 Å². The minimum atomic E-state index is -0.0318. The number of rotatable bonds is 4. The maximum absolute atomic E-state index is 6.26. The standard InChI is InChI=1S/C16H33N3O/c1-15(2)13-14(16(3,4)20-15)19-10-6-9-18(11-12-19)8-5-7-17/h14H,5-13,17H2,1-4H3. The molecule has 0 radical (unpaired) electrons. The summed E-state index contributed by atoms with van der Waals surface area (Å²) in [4.78, 5) is 5.23. The van der Waals surface area contributed by atoms with E-state index in [-0.39, 0.29) is 11.2 Å². The Kier molecular flexibility index (Phi) is 5.11. The van der Waals surface area contributed by atoms with Crippen LogP contribution in [0.4, 0.5) is 0 Å². The van der Waals surface area contributed by atoms with Gasteiger partial charge >= 0.3 is 0 Å². The average Bonchev–Trinajstić information content (AvgIpc) is 2.53. The fraction of sp³-hybridized carbons (Fsp3) is 1.00. The molecule has 2 heterocycles. The minimum Gasteiger partial charge on any atom is -0.368 e. The summed E-state index contributed by atoms with van der Waals surface area (Å²) >= 11 is 0. The molecule has 0 bridgehead atoms. The molecule has 1 unspecified atom stereocenters. The Morgan fingerprint density at radius 1 is 1.10 bits per heavy atom. The summed E-state index contributed by atoms with van der Waals surface area (Å²) in [5, 5.41) is 0. The fourth-order valence-corrected chi connectivity index (χ4v) is 3.94. The third-order valence-electron chi connectivity index (χ3n) is 4.77. The predicted molar refractivity (Wildman–Crippen MR) is 83.9 cm³/mol. The fourth-order valence-electron chi connectivity index (χ4n) is 3.94. The molecule has 0 spiro atoms. The van der Waals surface area contributed by atoms with Crippen LogP contribution in [0.3, 0.4) is 0 Å². The van der Waals surface area contributed by atoms with Crippen molar-refractivity contribution in [3.63, 3.8) is 0 Å². The maximum atomic E-state index is 6.26. The Morgan fingerprint density at radius 2 is 1.85 bits per heavy atom. The summed E-state index contributed by atoms with van der Waals surface area (Å²) in [6.07, 6.45) is 3.52. The van der Waals surface area contributed by atoms with Crippen molar-refractivity contribution >= 4 is 0 Å². The largest absolute Gasteiger partial charge is 0.368 e. The van der Waals surface area contributed by atoms with Gasteiger partial charge in [0.1, 0.15) is 0 Å². The van der Waals surface area contributed by atoms with Crippen LogP contribution in [-0.4, -0.2) is 66.3 Å². The van der Waals surface area contributed by atoms with Crippen LogP contribution >= 0.6 is 0 Å². The summed E-state index contributed by atoms with van der Waals surface area (Å²) in [5.41, 5.74) is 5.61. The Labute approximate surface area is 124 Å². The van der Waals surface area contributed by atoms with Crippen molar-refractivity contribution in [1.82, 2.24) is 9.80 Å². The van der Waals surface area contributed by atoms with Crippen LogP contribution in [0.5, 0.6) is 0 Å². The first-order valence-electron chi connectivity index (χ1n) is 8.21. The van der Waals surface area contributed by atoms with Crippen LogP contribution in [0.15, 0.2) is 0 Å². The van der Waals surface area contributed by atoms with Crippen molar-refractivity contribution in [2.75, 3.05) is 39.3 Å². The van der Waals surface area contributed by atoms with E-state index < -0.39 is 0 Å². The second-order valence-corrected chi connectivity index (χ2v) is 7.56.